The average molecular weight is 551 g/mol. The number of alkyl halides is 3. The summed E-state index contributed by atoms with van der Waals surface area (Å²) in [6, 6.07) is 7.40. The second-order valence-corrected chi connectivity index (χ2v) is 10.5. The normalized spacial score (nSPS) is 15.5. The second-order valence-electron chi connectivity index (χ2n) is 10.5. The Labute approximate surface area is 229 Å². The molecule has 0 bridgehead atoms. The van der Waals surface area contributed by atoms with E-state index in [0.29, 0.717) is 52.9 Å². The van der Waals surface area contributed by atoms with Crippen LogP contribution in [0.15, 0.2) is 36.8 Å². The topological polar surface area (TPSA) is 104 Å². The largest absolute Gasteiger partial charge is 0.480 e. The number of methoxy groups -OCH3 is 1. The second kappa shape index (κ2) is 10.1. The Hall–Kier alpha value is -4.09. The van der Waals surface area contributed by atoms with Crippen LogP contribution in [0.1, 0.15) is 80.2 Å². The maximum atomic E-state index is 13.3. The van der Waals surface area contributed by atoms with Crippen LogP contribution >= 0.6 is 0 Å². The van der Waals surface area contributed by atoms with Crippen molar-refractivity contribution in [1.29, 1.82) is 0 Å². The molecule has 1 N–H and O–H groups in total. The number of nitrogens with zero attached hydrogens (tertiary/aromatic N) is 7. The molecule has 12 heteroatoms. The van der Waals surface area contributed by atoms with E-state index in [1.165, 1.54) is 6.33 Å². The predicted molar refractivity (Wildman–Crippen MR) is 142 cm³/mol. The highest BCUT2D eigenvalue weighted by Crippen LogP contribution is 2.45. The molecule has 0 unspecified atom stereocenters. The first-order valence-corrected chi connectivity index (χ1v) is 13.4. The summed E-state index contributed by atoms with van der Waals surface area (Å²) in [4.78, 5) is 26.7. The van der Waals surface area contributed by atoms with Crippen LogP contribution in [-0.4, -0.2) is 41.6 Å². The molecule has 2 fully saturated rings. The molecule has 2 aliphatic carbocycles. The van der Waals surface area contributed by atoms with Crippen LogP contribution in [-0.2, 0) is 12.7 Å². The van der Waals surface area contributed by atoms with E-state index in [1.54, 1.807) is 23.8 Å². The fraction of sp³-hybridized carbons (Fsp3) is 0.429. The molecular weight excluding hydrogens is 521 g/mol. The quantitative estimate of drug-likeness (QED) is 0.264. The SMILES string of the molecule is COc1ncnc(C2CC2)c1-c1nc(NCc2ccc(-c3nc(C(F)(F)F)cn3C3CC3)cc2)nc(C(C)C)n1. The molecule has 2 aliphatic rings. The number of anilines is 1. The van der Waals surface area contributed by atoms with E-state index in [9.17, 15) is 13.2 Å². The number of rotatable bonds is 9. The Morgan fingerprint density at radius 1 is 1.00 bits per heavy atom. The van der Waals surface area contributed by atoms with Crippen molar-refractivity contribution in [2.75, 3.05) is 12.4 Å². The molecule has 0 atom stereocenters. The summed E-state index contributed by atoms with van der Waals surface area (Å²) in [7, 11) is 1.57. The standard InChI is InChI=1S/C28H29F3N8O/c1-15(2)23-36-24(21-22(17-8-9-17)33-14-34-26(21)40-3)38-27(37-23)32-12-16-4-6-18(7-5-16)25-35-20(28(29,30)31)13-39(25)19-10-11-19/h4-7,13-15,17,19H,8-12H2,1-3H3,(H,32,36,37,38). The fourth-order valence-electron chi connectivity index (χ4n) is 4.58. The lowest BCUT2D eigenvalue weighted by Crippen LogP contribution is -2.11. The van der Waals surface area contributed by atoms with Crippen LogP contribution in [0, 0.1) is 0 Å². The van der Waals surface area contributed by atoms with E-state index in [-0.39, 0.29) is 12.0 Å². The third-order valence-corrected chi connectivity index (χ3v) is 7.02. The summed E-state index contributed by atoms with van der Waals surface area (Å²) >= 11 is 0. The monoisotopic (exact) mass is 550 g/mol. The highest BCUT2D eigenvalue weighted by atomic mass is 19.4. The number of hydrogen-bond acceptors (Lipinski definition) is 8. The summed E-state index contributed by atoms with van der Waals surface area (Å²) < 4.78 is 47.1. The van der Waals surface area contributed by atoms with Crippen LogP contribution in [0.4, 0.5) is 19.1 Å². The summed E-state index contributed by atoms with van der Waals surface area (Å²) in [5.74, 6) is 2.65. The molecular formula is C28H29F3N8O. The van der Waals surface area contributed by atoms with Crippen LogP contribution < -0.4 is 10.1 Å². The molecule has 3 aromatic heterocycles. The molecule has 40 heavy (non-hydrogen) atoms. The highest BCUT2D eigenvalue weighted by Gasteiger charge is 2.37. The summed E-state index contributed by atoms with van der Waals surface area (Å²) in [6.07, 6.45) is 1.96. The zero-order valence-electron chi connectivity index (χ0n) is 22.4. The van der Waals surface area contributed by atoms with E-state index in [4.69, 9.17) is 14.7 Å². The fourth-order valence-corrected chi connectivity index (χ4v) is 4.58. The molecule has 0 saturated heterocycles. The lowest BCUT2D eigenvalue weighted by atomic mass is 10.1. The number of aromatic nitrogens is 7. The van der Waals surface area contributed by atoms with Crippen molar-refractivity contribution in [2.24, 2.45) is 0 Å². The van der Waals surface area contributed by atoms with Crippen molar-refractivity contribution < 1.29 is 17.9 Å². The Balaban J connectivity index is 1.25. The zero-order valence-corrected chi connectivity index (χ0v) is 22.4. The number of hydrogen-bond donors (Lipinski definition) is 1. The maximum Gasteiger partial charge on any atom is 0.434 e. The van der Waals surface area contributed by atoms with Gasteiger partial charge in [-0.15, -0.1) is 0 Å². The summed E-state index contributed by atoms with van der Waals surface area (Å²) in [5, 5.41) is 3.28. The van der Waals surface area contributed by atoms with Gasteiger partial charge in [-0.1, -0.05) is 38.1 Å². The summed E-state index contributed by atoms with van der Waals surface area (Å²) in [5.41, 5.74) is 2.26. The van der Waals surface area contributed by atoms with Gasteiger partial charge < -0.3 is 14.6 Å². The maximum absolute atomic E-state index is 13.3. The van der Waals surface area contributed by atoms with Crippen LogP contribution in [0.2, 0.25) is 0 Å². The smallest absolute Gasteiger partial charge is 0.434 e. The number of imidazole rings is 1. The van der Waals surface area contributed by atoms with Gasteiger partial charge in [-0.25, -0.2) is 19.9 Å². The number of benzene rings is 1. The molecule has 208 valence electrons. The minimum absolute atomic E-state index is 0.0541. The van der Waals surface area contributed by atoms with Gasteiger partial charge in [-0.05, 0) is 31.2 Å². The first kappa shape index (κ1) is 26.1. The van der Waals surface area contributed by atoms with Gasteiger partial charge in [-0.2, -0.15) is 23.1 Å². The van der Waals surface area contributed by atoms with Crippen LogP contribution in [0.5, 0.6) is 5.88 Å². The van der Waals surface area contributed by atoms with E-state index in [1.807, 2.05) is 26.0 Å². The van der Waals surface area contributed by atoms with E-state index < -0.39 is 11.9 Å². The Bertz CT molecular complexity index is 1530. The molecule has 9 nitrogen and oxygen atoms in total. The number of ether oxygens (including phenoxy) is 1. The first-order chi connectivity index (χ1) is 19.2. The molecule has 0 aliphatic heterocycles. The Morgan fingerprint density at radius 3 is 2.38 bits per heavy atom. The van der Waals surface area contributed by atoms with Gasteiger partial charge in [0.2, 0.25) is 11.8 Å². The molecule has 3 heterocycles. The molecule has 2 saturated carbocycles. The van der Waals surface area contributed by atoms with Crippen LogP contribution in [0.25, 0.3) is 22.8 Å². The van der Waals surface area contributed by atoms with Gasteiger partial charge in [0.25, 0.3) is 0 Å². The van der Waals surface area contributed by atoms with Gasteiger partial charge in [0.05, 0.1) is 12.8 Å². The van der Waals surface area contributed by atoms with E-state index in [2.05, 4.69) is 25.3 Å². The third-order valence-electron chi connectivity index (χ3n) is 7.02. The Morgan fingerprint density at radius 2 is 1.75 bits per heavy atom. The molecule has 0 spiro atoms. The van der Waals surface area contributed by atoms with Gasteiger partial charge in [0, 0.05) is 36.2 Å². The number of nitrogens with one attached hydrogen (secondary N) is 1. The van der Waals surface area contributed by atoms with Crippen molar-refractivity contribution >= 4 is 5.95 Å². The average Bonchev–Trinajstić information content (AvgIpc) is 3.89. The van der Waals surface area contributed by atoms with E-state index >= 15 is 0 Å². The molecule has 0 radical (unpaired) electrons. The van der Waals surface area contributed by atoms with Crippen molar-refractivity contribution in [3.05, 3.63) is 59.6 Å². The minimum atomic E-state index is -4.48. The lowest BCUT2D eigenvalue weighted by Gasteiger charge is -2.14. The van der Waals surface area contributed by atoms with Gasteiger partial charge >= 0.3 is 6.18 Å². The molecule has 6 rings (SSSR count). The molecule has 0 amide bonds. The van der Waals surface area contributed by atoms with Crippen molar-refractivity contribution in [3.63, 3.8) is 0 Å². The predicted octanol–water partition coefficient (Wildman–Crippen LogP) is 6.17. The lowest BCUT2D eigenvalue weighted by molar-refractivity contribution is -0.140. The molecule has 1 aromatic carbocycles. The third kappa shape index (κ3) is 5.34. The first-order valence-electron chi connectivity index (χ1n) is 13.4. The zero-order chi connectivity index (χ0) is 28.0. The molecule has 4 aromatic rings. The van der Waals surface area contributed by atoms with Gasteiger partial charge in [0.1, 0.15) is 23.5 Å². The van der Waals surface area contributed by atoms with Crippen molar-refractivity contribution in [2.45, 2.75) is 70.1 Å². The minimum Gasteiger partial charge on any atom is -0.480 e. The van der Waals surface area contributed by atoms with Gasteiger partial charge in [-0.3, -0.25) is 0 Å². The van der Waals surface area contributed by atoms with Crippen molar-refractivity contribution in [3.8, 4) is 28.7 Å². The van der Waals surface area contributed by atoms with E-state index in [0.717, 1.165) is 43.1 Å². The highest BCUT2D eigenvalue weighted by molar-refractivity contribution is 5.66. The summed E-state index contributed by atoms with van der Waals surface area (Å²) in [6.45, 7) is 4.43. The van der Waals surface area contributed by atoms with Crippen LogP contribution in [0.3, 0.4) is 0 Å². The Kier molecular flexibility index (Phi) is 6.63. The van der Waals surface area contributed by atoms with Crippen molar-refractivity contribution in [1.82, 2.24) is 34.5 Å². The number of halogens is 3. The van der Waals surface area contributed by atoms with Gasteiger partial charge in [0.15, 0.2) is 11.5 Å².